The lowest BCUT2D eigenvalue weighted by molar-refractivity contribution is 0.355. The second-order valence-electron chi connectivity index (χ2n) is 5.72. The van der Waals surface area contributed by atoms with Crippen LogP contribution in [0.4, 0.5) is 0 Å². The Morgan fingerprint density at radius 3 is 2.56 bits per heavy atom. The summed E-state index contributed by atoms with van der Waals surface area (Å²) < 4.78 is 0. The van der Waals surface area contributed by atoms with Crippen LogP contribution in [0.25, 0.3) is 0 Å². The summed E-state index contributed by atoms with van der Waals surface area (Å²) in [6, 6.07) is 9.56. The van der Waals surface area contributed by atoms with Crippen molar-refractivity contribution < 1.29 is 0 Å². The molecule has 1 N–H and O–H groups in total. The van der Waals surface area contributed by atoms with Crippen molar-refractivity contribution in [3.8, 4) is 0 Å². The molecule has 0 bridgehead atoms. The molecule has 100 valence electrons. The molecule has 1 aromatic rings. The van der Waals surface area contributed by atoms with E-state index in [4.69, 9.17) is 0 Å². The maximum atomic E-state index is 3.80. The third-order valence-electron chi connectivity index (χ3n) is 4.42. The predicted molar refractivity (Wildman–Crippen MR) is 78.7 cm³/mol. The number of nitrogens with one attached hydrogen (secondary N) is 1. The van der Waals surface area contributed by atoms with Crippen molar-refractivity contribution in [3.05, 3.63) is 35.4 Å². The van der Waals surface area contributed by atoms with Crippen LogP contribution in [0.15, 0.2) is 24.3 Å². The molecule has 0 saturated heterocycles. The first kappa shape index (κ1) is 13.6. The summed E-state index contributed by atoms with van der Waals surface area (Å²) in [4.78, 5) is 0. The molecular weight excluding hydrogens is 218 g/mol. The normalized spacial score (nSPS) is 24.8. The summed E-state index contributed by atoms with van der Waals surface area (Å²) in [5, 5.41) is 3.80. The number of hydrogen-bond donors (Lipinski definition) is 1. The Labute approximate surface area is 112 Å². The second kappa shape index (κ2) is 6.94. The van der Waals surface area contributed by atoms with Gasteiger partial charge in [0.05, 0.1) is 0 Å². The molecule has 1 aliphatic carbocycles. The molecule has 0 radical (unpaired) electrons. The van der Waals surface area contributed by atoms with E-state index < -0.39 is 0 Å². The van der Waals surface area contributed by atoms with Gasteiger partial charge in [-0.05, 0) is 36.3 Å². The van der Waals surface area contributed by atoms with E-state index in [9.17, 15) is 0 Å². The van der Waals surface area contributed by atoms with Crippen molar-refractivity contribution in [2.45, 2.75) is 65.0 Å². The van der Waals surface area contributed by atoms with Gasteiger partial charge in [-0.25, -0.2) is 0 Å². The fourth-order valence-corrected chi connectivity index (χ4v) is 3.11. The van der Waals surface area contributed by atoms with E-state index >= 15 is 0 Å². The molecule has 1 heteroatoms. The van der Waals surface area contributed by atoms with E-state index in [-0.39, 0.29) is 0 Å². The van der Waals surface area contributed by atoms with E-state index in [0.717, 1.165) is 24.9 Å². The topological polar surface area (TPSA) is 12.0 Å². The highest BCUT2D eigenvalue weighted by Crippen LogP contribution is 2.23. The fraction of sp³-hybridized carbons (Fsp3) is 0.647. The molecule has 2 unspecified atom stereocenters. The molecule has 1 aromatic carbocycles. The smallest absolute Gasteiger partial charge is 0.0210 e. The third kappa shape index (κ3) is 3.58. The molecule has 2 rings (SSSR count). The highest BCUT2D eigenvalue weighted by atomic mass is 14.9. The average molecular weight is 245 g/mol. The summed E-state index contributed by atoms with van der Waals surface area (Å²) in [5.74, 6) is 0.835. The first-order valence-electron chi connectivity index (χ1n) is 7.61. The van der Waals surface area contributed by atoms with Gasteiger partial charge in [0.2, 0.25) is 0 Å². The van der Waals surface area contributed by atoms with Gasteiger partial charge in [0.1, 0.15) is 0 Å². The average Bonchev–Trinajstić information content (AvgIpc) is 2.61. The molecule has 1 saturated carbocycles. The van der Waals surface area contributed by atoms with E-state index in [2.05, 4.69) is 43.4 Å². The van der Waals surface area contributed by atoms with Crippen LogP contribution in [-0.4, -0.2) is 6.04 Å². The number of aryl methyl sites for hydroxylation is 1. The fourth-order valence-electron chi connectivity index (χ4n) is 3.11. The summed E-state index contributed by atoms with van der Waals surface area (Å²) in [5.41, 5.74) is 2.97. The highest BCUT2D eigenvalue weighted by Gasteiger charge is 2.19. The van der Waals surface area contributed by atoms with Crippen LogP contribution < -0.4 is 5.32 Å². The molecule has 2 atom stereocenters. The van der Waals surface area contributed by atoms with E-state index in [0.29, 0.717) is 0 Å². The monoisotopic (exact) mass is 245 g/mol. The quantitative estimate of drug-likeness (QED) is 0.780. The van der Waals surface area contributed by atoms with E-state index in [1.807, 2.05) is 0 Å². The van der Waals surface area contributed by atoms with Crippen LogP contribution in [0.3, 0.4) is 0 Å². The van der Waals surface area contributed by atoms with Crippen molar-refractivity contribution in [2.24, 2.45) is 5.92 Å². The second-order valence-corrected chi connectivity index (χ2v) is 5.72. The van der Waals surface area contributed by atoms with E-state index in [1.165, 1.54) is 43.2 Å². The van der Waals surface area contributed by atoms with Crippen LogP contribution in [0.2, 0.25) is 0 Å². The Balaban J connectivity index is 1.93. The minimum atomic E-state index is 0.720. The number of benzene rings is 1. The Bertz CT molecular complexity index is 358. The minimum Gasteiger partial charge on any atom is -0.310 e. The van der Waals surface area contributed by atoms with Crippen LogP contribution in [0.5, 0.6) is 0 Å². The van der Waals surface area contributed by atoms with Crippen LogP contribution in [0.1, 0.15) is 57.1 Å². The lowest BCUT2D eigenvalue weighted by Gasteiger charge is -2.23. The SMILES string of the molecule is CCc1ccccc1CNC1CCCCCC1C. The number of hydrogen-bond acceptors (Lipinski definition) is 1. The van der Waals surface area contributed by atoms with Crippen molar-refractivity contribution in [2.75, 3.05) is 0 Å². The first-order chi connectivity index (χ1) is 8.81. The standard InChI is InChI=1S/C17H27N/c1-3-15-10-7-8-11-16(15)13-18-17-12-6-4-5-9-14(17)2/h7-8,10-11,14,17-18H,3-6,9,12-13H2,1-2H3. The maximum absolute atomic E-state index is 3.80. The Hall–Kier alpha value is -0.820. The maximum Gasteiger partial charge on any atom is 0.0210 e. The predicted octanol–water partition coefficient (Wildman–Crippen LogP) is 4.31. The molecule has 1 fully saturated rings. The van der Waals surface area contributed by atoms with Crippen molar-refractivity contribution in [1.82, 2.24) is 5.32 Å². The van der Waals surface area contributed by atoms with Crippen molar-refractivity contribution in [1.29, 1.82) is 0 Å². The van der Waals surface area contributed by atoms with Gasteiger partial charge in [-0.2, -0.15) is 0 Å². The van der Waals surface area contributed by atoms with Gasteiger partial charge in [0.15, 0.2) is 0 Å². The zero-order valence-corrected chi connectivity index (χ0v) is 11.9. The summed E-state index contributed by atoms with van der Waals surface area (Å²) >= 11 is 0. The molecule has 0 spiro atoms. The molecular formula is C17H27N. The number of rotatable bonds is 4. The zero-order valence-electron chi connectivity index (χ0n) is 11.9. The molecule has 0 amide bonds. The van der Waals surface area contributed by atoms with E-state index in [1.54, 1.807) is 0 Å². The summed E-state index contributed by atoms with van der Waals surface area (Å²) in [6.45, 7) is 5.70. The van der Waals surface area contributed by atoms with Gasteiger partial charge in [0, 0.05) is 12.6 Å². The van der Waals surface area contributed by atoms with Crippen molar-refractivity contribution >= 4 is 0 Å². The Morgan fingerprint density at radius 1 is 1.06 bits per heavy atom. The third-order valence-corrected chi connectivity index (χ3v) is 4.42. The van der Waals surface area contributed by atoms with Gasteiger partial charge in [-0.3, -0.25) is 0 Å². The van der Waals surface area contributed by atoms with Gasteiger partial charge in [0.25, 0.3) is 0 Å². The molecule has 0 aromatic heterocycles. The van der Waals surface area contributed by atoms with Crippen molar-refractivity contribution in [3.63, 3.8) is 0 Å². The van der Waals surface area contributed by atoms with Crippen LogP contribution in [0, 0.1) is 5.92 Å². The zero-order chi connectivity index (χ0) is 12.8. The largest absolute Gasteiger partial charge is 0.310 e. The lowest BCUT2D eigenvalue weighted by Crippen LogP contribution is -2.34. The van der Waals surface area contributed by atoms with Gasteiger partial charge in [-0.1, -0.05) is 57.4 Å². The Morgan fingerprint density at radius 2 is 1.78 bits per heavy atom. The molecule has 0 aliphatic heterocycles. The summed E-state index contributed by atoms with van der Waals surface area (Å²) in [6.07, 6.45) is 8.14. The molecule has 1 aliphatic rings. The van der Waals surface area contributed by atoms with Gasteiger partial charge >= 0.3 is 0 Å². The van der Waals surface area contributed by atoms with Crippen LogP contribution >= 0.6 is 0 Å². The molecule has 0 heterocycles. The van der Waals surface area contributed by atoms with Gasteiger partial charge in [-0.15, -0.1) is 0 Å². The highest BCUT2D eigenvalue weighted by molar-refractivity contribution is 5.26. The minimum absolute atomic E-state index is 0.720. The Kier molecular flexibility index (Phi) is 5.25. The first-order valence-corrected chi connectivity index (χ1v) is 7.61. The van der Waals surface area contributed by atoms with Gasteiger partial charge < -0.3 is 5.32 Å². The lowest BCUT2D eigenvalue weighted by atomic mass is 9.96. The molecule has 1 nitrogen and oxygen atoms in total. The molecule has 18 heavy (non-hydrogen) atoms. The van der Waals surface area contributed by atoms with Crippen LogP contribution in [-0.2, 0) is 13.0 Å². The summed E-state index contributed by atoms with van der Waals surface area (Å²) in [7, 11) is 0.